The zero-order valence-electron chi connectivity index (χ0n) is 15.7. The van der Waals surface area contributed by atoms with Crippen LogP contribution in [0, 0.1) is 11.2 Å². The molecule has 2 bridgehead atoms. The monoisotopic (exact) mass is 392 g/mol. The van der Waals surface area contributed by atoms with Crippen molar-refractivity contribution in [1.82, 2.24) is 20.4 Å². The van der Waals surface area contributed by atoms with Gasteiger partial charge in [0.15, 0.2) is 0 Å². The van der Waals surface area contributed by atoms with Gasteiger partial charge < -0.3 is 10.2 Å². The minimum Gasteiger partial charge on any atom is -0.341 e. The van der Waals surface area contributed by atoms with E-state index in [2.05, 4.69) is 22.4 Å². The molecule has 2 N–H and O–H groups in total. The van der Waals surface area contributed by atoms with Crippen LogP contribution in [0.3, 0.4) is 0 Å². The maximum atomic E-state index is 13.3. The molecule has 2 aliphatic heterocycles. The number of carbonyl (C=O) groups excluding carboxylic acids is 1. The standard InChI is InChI=1S/C20H25FN4O.ClH/c1-3-20(10-16-8-9-17(20)23-16)19(26)25(2)12-14-11-22-24-18(14)13-4-6-15(21)7-5-13;/h4-7,11,16-17,23H,3,8-10,12H2,1-2H3,(H,22,24);1H/t16-,17+,20+;/m0./s1. The Morgan fingerprint density at radius 3 is 2.67 bits per heavy atom. The fourth-order valence-corrected chi connectivity index (χ4v) is 4.78. The summed E-state index contributed by atoms with van der Waals surface area (Å²) in [6.45, 7) is 2.61. The van der Waals surface area contributed by atoms with Crippen LogP contribution in [0.4, 0.5) is 4.39 Å². The number of amides is 1. The summed E-state index contributed by atoms with van der Waals surface area (Å²) in [5.41, 5.74) is 2.36. The highest BCUT2D eigenvalue weighted by molar-refractivity contribution is 5.85. The quantitative estimate of drug-likeness (QED) is 0.818. The van der Waals surface area contributed by atoms with Gasteiger partial charge in [0.05, 0.1) is 17.3 Å². The largest absolute Gasteiger partial charge is 0.341 e. The molecule has 27 heavy (non-hydrogen) atoms. The third-order valence-corrected chi connectivity index (χ3v) is 6.18. The van der Waals surface area contributed by atoms with Crippen molar-refractivity contribution < 1.29 is 9.18 Å². The number of aromatic nitrogens is 2. The molecule has 3 atom stereocenters. The van der Waals surface area contributed by atoms with Crippen molar-refractivity contribution in [2.24, 2.45) is 5.41 Å². The molecule has 2 saturated heterocycles. The molecule has 1 aromatic carbocycles. The van der Waals surface area contributed by atoms with E-state index in [9.17, 15) is 9.18 Å². The summed E-state index contributed by atoms with van der Waals surface area (Å²) in [6.07, 6.45) is 5.82. The van der Waals surface area contributed by atoms with Crippen LogP contribution < -0.4 is 5.32 Å². The fraction of sp³-hybridized carbons (Fsp3) is 0.500. The molecule has 1 amide bonds. The van der Waals surface area contributed by atoms with Crippen LogP contribution in [0.15, 0.2) is 30.5 Å². The Morgan fingerprint density at radius 2 is 2.07 bits per heavy atom. The van der Waals surface area contributed by atoms with Gasteiger partial charge in [-0.2, -0.15) is 5.10 Å². The van der Waals surface area contributed by atoms with Gasteiger partial charge in [-0.3, -0.25) is 9.89 Å². The van der Waals surface area contributed by atoms with E-state index in [0.717, 1.165) is 36.1 Å². The van der Waals surface area contributed by atoms with Crippen LogP contribution in [0.25, 0.3) is 11.3 Å². The summed E-state index contributed by atoms with van der Waals surface area (Å²) < 4.78 is 13.2. The van der Waals surface area contributed by atoms with Crippen molar-refractivity contribution in [2.75, 3.05) is 7.05 Å². The first-order chi connectivity index (χ1) is 12.5. The number of rotatable bonds is 5. The van der Waals surface area contributed by atoms with Crippen molar-refractivity contribution in [3.8, 4) is 11.3 Å². The lowest BCUT2D eigenvalue weighted by Gasteiger charge is -2.37. The Bertz CT molecular complexity index is 809. The van der Waals surface area contributed by atoms with E-state index >= 15 is 0 Å². The number of aromatic amines is 1. The molecule has 2 fully saturated rings. The van der Waals surface area contributed by atoms with Crippen LogP contribution in [-0.4, -0.2) is 40.1 Å². The predicted molar refractivity (Wildman–Crippen MR) is 105 cm³/mol. The number of carbonyl (C=O) groups is 1. The zero-order chi connectivity index (χ0) is 18.3. The van der Waals surface area contributed by atoms with Crippen LogP contribution in [-0.2, 0) is 11.3 Å². The summed E-state index contributed by atoms with van der Waals surface area (Å²) in [5.74, 6) is -0.0539. The molecule has 0 unspecified atom stereocenters. The highest BCUT2D eigenvalue weighted by Gasteiger charge is 2.55. The van der Waals surface area contributed by atoms with E-state index in [4.69, 9.17) is 0 Å². The SMILES string of the molecule is CC[C@@]1(C(=O)N(C)Cc2cn[nH]c2-c2ccc(F)cc2)C[C@@H]2CC[C@H]1N2.Cl. The number of benzene rings is 1. The first kappa shape index (κ1) is 19.8. The number of hydrogen-bond acceptors (Lipinski definition) is 3. The number of halogens is 2. The van der Waals surface area contributed by atoms with Gasteiger partial charge in [0.1, 0.15) is 5.82 Å². The molecule has 5 nitrogen and oxygen atoms in total. The number of nitrogens with one attached hydrogen (secondary N) is 2. The second kappa shape index (κ2) is 7.60. The highest BCUT2D eigenvalue weighted by Crippen LogP contribution is 2.47. The van der Waals surface area contributed by atoms with Gasteiger partial charge in [-0.05, 0) is 49.9 Å². The molecule has 3 heterocycles. The highest BCUT2D eigenvalue weighted by atomic mass is 35.5. The van der Waals surface area contributed by atoms with Gasteiger partial charge in [-0.25, -0.2) is 4.39 Å². The normalized spacial score (nSPS) is 26.0. The van der Waals surface area contributed by atoms with Gasteiger partial charge in [0.2, 0.25) is 5.91 Å². The van der Waals surface area contributed by atoms with Crippen molar-refractivity contribution in [2.45, 2.75) is 51.2 Å². The Labute approximate surface area is 165 Å². The molecule has 2 aromatic rings. The maximum absolute atomic E-state index is 13.3. The summed E-state index contributed by atoms with van der Waals surface area (Å²) in [6, 6.07) is 7.10. The topological polar surface area (TPSA) is 61.0 Å². The van der Waals surface area contributed by atoms with E-state index in [1.807, 2.05) is 11.9 Å². The molecule has 0 radical (unpaired) electrons. The van der Waals surface area contributed by atoms with Gasteiger partial charge in [0.25, 0.3) is 0 Å². The lowest BCUT2D eigenvalue weighted by atomic mass is 9.71. The minimum absolute atomic E-state index is 0. The van der Waals surface area contributed by atoms with E-state index in [-0.39, 0.29) is 29.5 Å². The van der Waals surface area contributed by atoms with Gasteiger partial charge in [-0.15, -0.1) is 12.4 Å². The van der Waals surface area contributed by atoms with E-state index < -0.39 is 0 Å². The van der Waals surface area contributed by atoms with Crippen molar-refractivity contribution in [1.29, 1.82) is 0 Å². The molecule has 2 aliphatic rings. The van der Waals surface area contributed by atoms with Gasteiger partial charge >= 0.3 is 0 Å². The fourth-order valence-electron chi connectivity index (χ4n) is 4.78. The Balaban J connectivity index is 0.00000210. The summed E-state index contributed by atoms with van der Waals surface area (Å²) in [7, 11) is 1.87. The number of fused-ring (bicyclic) bond motifs is 2. The van der Waals surface area contributed by atoms with Crippen LogP contribution in [0.5, 0.6) is 0 Å². The molecule has 0 spiro atoms. The smallest absolute Gasteiger partial charge is 0.230 e. The van der Waals surface area contributed by atoms with Gasteiger partial charge in [-0.1, -0.05) is 6.92 Å². The minimum atomic E-state index is -0.280. The third kappa shape index (κ3) is 3.36. The average Bonchev–Trinajstić information content (AvgIpc) is 3.37. The molecular formula is C20H26ClFN4O. The zero-order valence-corrected chi connectivity index (χ0v) is 16.5. The number of H-pyrrole nitrogens is 1. The Hall–Kier alpha value is -1.92. The number of nitrogens with zero attached hydrogens (tertiary/aromatic N) is 2. The first-order valence-corrected chi connectivity index (χ1v) is 9.33. The van der Waals surface area contributed by atoms with Crippen LogP contribution >= 0.6 is 12.4 Å². The summed E-state index contributed by atoms with van der Waals surface area (Å²) in [4.78, 5) is 15.1. The summed E-state index contributed by atoms with van der Waals surface area (Å²) in [5, 5.41) is 10.7. The van der Waals surface area contributed by atoms with Crippen molar-refractivity contribution in [3.05, 3.63) is 41.8 Å². The second-order valence-electron chi connectivity index (χ2n) is 7.65. The maximum Gasteiger partial charge on any atom is 0.230 e. The van der Waals surface area contributed by atoms with Crippen molar-refractivity contribution in [3.63, 3.8) is 0 Å². The first-order valence-electron chi connectivity index (χ1n) is 9.33. The Kier molecular flexibility index (Phi) is 5.58. The summed E-state index contributed by atoms with van der Waals surface area (Å²) >= 11 is 0. The van der Waals surface area contributed by atoms with E-state index in [1.54, 1.807) is 18.3 Å². The van der Waals surface area contributed by atoms with Crippen LogP contribution in [0.1, 0.15) is 38.2 Å². The molecule has 4 rings (SSSR count). The Morgan fingerprint density at radius 1 is 1.33 bits per heavy atom. The van der Waals surface area contributed by atoms with E-state index in [0.29, 0.717) is 18.6 Å². The molecule has 0 saturated carbocycles. The molecule has 7 heteroatoms. The van der Waals surface area contributed by atoms with Crippen molar-refractivity contribution >= 4 is 18.3 Å². The predicted octanol–water partition coefficient (Wildman–Crippen LogP) is 3.52. The average molecular weight is 393 g/mol. The third-order valence-electron chi connectivity index (χ3n) is 6.18. The second-order valence-corrected chi connectivity index (χ2v) is 7.65. The lowest BCUT2D eigenvalue weighted by Crippen LogP contribution is -2.48. The molecule has 146 valence electrons. The number of hydrogen-bond donors (Lipinski definition) is 2. The molecule has 1 aromatic heterocycles. The van der Waals surface area contributed by atoms with E-state index in [1.165, 1.54) is 18.6 Å². The molecule has 0 aliphatic carbocycles. The van der Waals surface area contributed by atoms with Gasteiger partial charge in [0, 0.05) is 36.8 Å². The lowest BCUT2D eigenvalue weighted by molar-refractivity contribution is -0.143. The van der Waals surface area contributed by atoms with Crippen LogP contribution in [0.2, 0.25) is 0 Å². The molecular weight excluding hydrogens is 367 g/mol.